The van der Waals surface area contributed by atoms with Gasteiger partial charge in [-0.2, -0.15) is 0 Å². The highest BCUT2D eigenvalue weighted by Crippen LogP contribution is 2.23. The molecule has 0 atom stereocenters. The highest BCUT2D eigenvalue weighted by molar-refractivity contribution is 5.38. The average Bonchev–Trinajstić information content (AvgIpc) is 2.58. The smallest absolute Gasteiger partial charge is 0.406 e. The van der Waals surface area contributed by atoms with E-state index in [9.17, 15) is 18.0 Å². The predicted molar refractivity (Wildman–Crippen MR) is 57.8 cm³/mol. The molecule has 7 heteroatoms. The number of alkyl halides is 3. The Kier molecular flexibility index (Phi) is 2.90. The van der Waals surface area contributed by atoms with E-state index in [0.717, 1.165) is 12.1 Å². The zero-order chi connectivity index (χ0) is 13.3. The van der Waals surface area contributed by atoms with Crippen LogP contribution in [0.4, 0.5) is 13.2 Å². The van der Waals surface area contributed by atoms with Crippen molar-refractivity contribution in [3.8, 4) is 11.4 Å². The van der Waals surface area contributed by atoms with Crippen molar-refractivity contribution in [1.29, 1.82) is 0 Å². The van der Waals surface area contributed by atoms with Crippen LogP contribution >= 0.6 is 0 Å². The molecule has 0 saturated carbocycles. The number of aromatic nitrogens is 2. The highest BCUT2D eigenvalue weighted by Gasteiger charge is 2.30. The summed E-state index contributed by atoms with van der Waals surface area (Å²) in [6, 6.07) is 5.07. The molecule has 0 radical (unpaired) electrons. The summed E-state index contributed by atoms with van der Waals surface area (Å²) in [4.78, 5) is 13.9. The van der Waals surface area contributed by atoms with Crippen LogP contribution in [0.1, 0.15) is 5.69 Å². The predicted octanol–water partition coefficient (Wildman–Crippen LogP) is 2.37. The zero-order valence-electron chi connectivity index (χ0n) is 9.28. The summed E-state index contributed by atoms with van der Waals surface area (Å²) >= 11 is 0. The lowest BCUT2D eigenvalue weighted by atomic mass is 10.3. The SMILES string of the molecule is Cc1c[nH]c(=O)n1-c1ccc(OC(F)(F)F)cc1. The van der Waals surface area contributed by atoms with Crippen LogP contribution in [-0.4, -0.2) is 15.9 Å². The number of benzene rings is 1. The molecule has 0 fully saturated rings. The van der Waals surface area contributed by atoms with Gasteiger partial charge >= 0.3 is 12.1 Å². The third-order valence-corrected chi connectivity index (χ3v) is 2.29. The normalized spacial score (nSPS) is 11.6. The van der Waals surface area contributed by atoms with Crippen molar-refractivity contribution in [2.24, 2.45) is 0 Å². The summed E-state index contributed by atoms with van der Waals surface area (Å²) in [5.41, 5.74) is 0.773. The monoisotopic (exact) mass is 258 g/mol. The molecule has 0 aliphatic carbocycles. The Morgan fingerprint density at radius 3 is 2.28 bits per heavy atom. The molecular formula is C11H9F3N2O2. The van der Waals surface area contributed by atoms with Gasteiger partial charge < -0.3 is 9.72 Å². The molecule has 1 heterocycles. The van der Waals surface area contributed by atoms with E-state index in [4.69, 9.17) is 0 Å². The fourth-order valence-corrected chi connectivity index (χ4v) is 1.57. The van der Waals surface area contributed by atoms with E-state index in [0.29, 0.717) is 11.4 Å². The average molecular weight is 258 g/mol. The number of hydrogen-bond acceptors (Lipinski definition) is 2. The molecule has 2 rings (SSSR count). The lowest BCUT2D eigenvalue weighted by molar-refractivity contribution is -0.274. The van der Waals surface area contributed by atoms with Crippen LogP contribution in [0.5, 0.6) is 5.75 Å². The van der Waals surface area contributed by atoms with Crippen LogP contribution in [0.25, 0.3) is 5.69 Å². The minimum absolute atomic E-state index is 0.326. The quantitative estimate of drug-likeness (QED) is 0.898. The third-order valence-electron chi connectivity index (χ3n) is 2.29. The van der Waals surface area contributed by atoms with Gasteiger partial charge in [0.25, 0.3) is 0 Å². The minimum Gasteiger partial charge on any atom is -0.406 e. The van der Waals surface area contributed by atoms with Crippen molar-refractivity contribution in [3.63, 3.8) is 0 Å². The number of nitrogens with zero attached hydrogens (tertiary/aromatic N) is 1. The number of hydrogen-bond donors (Lipinski definition) is 1. The zero-order valence-corrected chi connectivity index (χ0v) is 9.28. The number of imidazole rings is 1. The number of ether oxygens (including phenoxy) is 1. The van der Waals surface area contributed by atoms with Gasteiger partial charge in [0.2, 0.25) is 0 Å². The number of aryl methyl sites for hydroxylation is 1. The largest absolute Gasteiger partial charge is 0.573 e. The second-order valence-electron chi connectivity index (χ2n) is 3.61. The van der Waals surface area contributed by atoms with E-state index in [-0.39, 0.29) is 11.4 Å². The molecule has 18 heavy (non-hydrogen) atoms. The molecule has 0 aliphatic heterocycles. The van der Waals surface area contributed by atoms with Gasteiger partial charge in [0, 0.05) is 11.9 Å². The molecule has 0 unspecified atom stereocenters. The molecule has 0 bridgehead atoms. The summed E-state index contributed by atoms with van der Waals surface area (Å²) in [5, 5.41) is 0. The van der Waals surface area contributed by atoms with Crippen molar-refractivity contribution in [3.05, 3.63) is 46.6 Å². The highest BCUT2D eigenvalue weighted by atomic mass is 19.4. The standard InChI is InChI=1S/C11H9F3N2O2/c1-7-6-15-10(17)16(7)8-2-4-9(5-3-8)18-11(12,13)14/h2-6H,1H3,(H,15,17). The van der Waals surface area contributed by atoms with Gasteiger partial charge in [-0.25, -0.2) is 4.79 Å². The van der Waals surface area contributed by atoms with Gasteiger partial charge in [-0.15, -0.1) is 13.2 Å². The summed E-state index contributed by atoms with van der Waals surface area (Å²) in [6.45, 7) is 1.71. The first kappa shape index (κ1) is 12.3. The Balaban J connectivity index is 2.31. The molecule has 2 aromatic rings. The Morgan fingerprint density at radius 2 is 1.83 bits per heavy atom. The van der Waals surface area contributed by atoms with E-state index < -0.39 is 6.36 Å². The third kappa shape index (κ3) is 2.55. The van der Waals surface area contributed by atoms with Crippen LogP contribution < -0.4 is 10.4 Å². The molecule has 4 nitrogen and oxygen atoms in total. The first-order chi connectivity index (χ1) is 8.37. The number of aromatic amines is 1. The number of nitrogens with one attached hydrogen (secondary N) is 1. The van der Waals surface area contributed by atoms with E-state index in [2.05, 4.69) is 9.72 Å². The molecule has 1 N–H and O–H groups in total. The van der Waals surface area contributed by atoms with Crippen molar-refractivity contribution < 1.29 is 17.9 Å². The van der Waals surface area contributed by atoms with Gasteiger partial charge in [0.15, 0.2) is 0 Å². The van der Waals surface area contributed by atoms with Gasteiger partial charge in [0.05, 0.1) is 5.69 Å². The minimum atomic E-state index is -4.72. The molecule has 0 spiro atoms. The Hall–Kier alpha value is -2.18. The Bertz CT molecular complexity index is 596. The summed E-state index contributed by atoms with van der Waals surface area (Å²) in [7, 11) is 0. The lowest BCUT2D eigenvalue weighted by Crippen LogP contribution is -2.18. The van der Waals surface area contributed by atoms with Crippen LogP contribution in [0.3, 0.4) is 0 Å². The Morgan fingerprint density at radius 1 is 1.22 bits per heavy atom. The maximum atomic E-state index is 12.0. The van der Waals surface area contributed by atoms with Gasteiger partial charge in [-0.1, -0.05) is 0 Å². The van der Waals surface area contributed by atoms with Crippen LogP contribution in [-0.2, 0) is 0 Å². The van der Waals surface area contributed by atoms with Crippen molar-refractivity contribution >= 4 is 0 Å². The van der Waals surface area contributed by atoms with Crippen LogP contribution in [0.2, 0.25) is 0 Å². The van der Waals surface area contributed by atoms with E-state index in [1.807, 2.05) is 0 Å². The maximum absolute atomic E-state index is 12.0. The van der Waals surface area contributed by atoms with Crippen LogP contribution in [0, 0.1) is 6.92 Å². The van der Waals surface area contributed by atoms with Crippen molar-refractivity contribution in [2.45, 2.75) is 13.3 Å². The Labute approximate surface area is 99.6 Å². The molecular weight excluding hydrogens is 249 g/mol. The van der Waals surface area contributed by atoms with Gasteiger partial charge in [-0.3, -0.25) is 4.57 Å². The number of H-pyrrole nitrogens is 1. The second kappa shape index (κ2) is 4.25. The number of halogens is 3. The van der Waals surface area contributed by atoms with Crippen molar-refractivity contribution in [2.75, 3.05) is 0 Å². The number of rotatable bonds is 2. The summed E-state index contributed by atoms with van der Waals surface area (Å²) in [6.07, 6.45) is -3.20. The molecule has 1 aromatic heterocycles. The topological polar surface area (TPSA) is 47.0 Å². The summed E-state index contributed by atoms with van der Waals surface area (Å²) < 4.78 is 41.0. The fourth-order valence-electron chi connectivity index (χ4n) is 1.57. The fraction of sp³-hybridized carbons (Fsp3) is 0.182. The maximum Gasteiger partial charge on any atom is 0.573 e. The first-order valence-corrected chi connectivity index (χ1v) is 5.00. The lowest BCUT2D eigenvalue weighted by Gasteiger charge is -2.09. The van der Waals surface area contributed by atoms with Gasteiger partial charge in [-0.05, 0) is 31.2 Å². The van der Waals surface area contributed by atoms with Crippen molar-refractivity contribution in [1.82, 2.24) is 9.55 Å². The molecule has 0 amide bonds. The summed E-state index contributed by atoms with van der Waals surface area (Å²) in [5.74, 6) is -0.326. The van der Waals surface area contributed by atoms with Crippen LogP contribution in [0.15, 0.2) is 35.3 Å². The molecule has 0 saturated heterocycles. The van der Waals surface area contributed by atoms with E-state index >= 15 is 0 Å². The molecule has 0 aliphatic rings. The second-order valence-corrected chi connectivity index (χ2v) is 3.61. The van der Waals surface area contributed by atoms with E-state index in [1.54, 1.807) is 6.92 Å². The first-order valence-electron chi connectivity index (χ1n) is 5.00. The molecule has 96 valence electrons. The van der Waals surface area contributed by atoms with E-state index in [1.165, 1.54) is 22.9 Å². The van der Waals surface area contributed by atoms with Gasteiger partial charge in [0.1, 0.15) is 5.75 Å². The molecule has 1 aromatic carbocycles.